The SMILES string of the molecule is CCOCCCc1nnc(CNC)o1. The van der Waals surface area contributed by atoms with Gasteiger partial charge in [-0.1, -0.05) is 0 Å². The van der Waals surface area contributed by atoms with Crippen molar-refractivity contribution < 1.29 is 9.15 Å². The minimum Gasteiger partial charge on any atom is -0.424 e. The average molecular weight is 199 g/mol. The van der Waals surface area contributed by atoms with E-state index in [1.165, 1.54) is 0 Å². The molecular weight excluding hydrogens is 182 g/mol. The van der Waals surface area contributed by atoms with Gasteiger partial charge in [0, 0.05) is 19.6 Å². The zero-order valence-corrected chi connectivity index (χ0v) is 8.75. The van der Waals surface area contributed by atoms with Gasteiger partial charge in [-0.05, 0) is 20.4 Å². The van der Waals surface area contributed by atoms with Crippen molar-refractivity contribution >= 4 is 0 Å². The molecule has 0 aliphatic rings. The van der Waals surface area contributed by atoms with Crippen LogP contribution in [0.25, 0.3) is 0 Å². The van der Waals surface area contributed by atoms with E-state index < -0.39 is 0 Å². The van der Waals surface area contributed by atoms with E-state index in [9.17, 15) is 0 Å². The van der Waals surface area contributed by atoms with Crippen molar-refractivity contribution in [2.75, 3.05) is 20.3 Å². The molecule has 0 radical (unpaired) electrons. The Kier molecular flexibility index (Phi) is 5.17. The normalized spacial score (nSPS) is 10.7. The van der Waals surface area contributed by atoms with E-state index in [4.69, 9.17) is 9.15 Å². The summed E-state index contributed by atoms with van der Waals surface area (Å²) >= 11 is 0. The Bertz CT molecular complexity index is 250. The van der Waals surface area contributed by atoms with Crippen LogP contribution in [0.2, 0.25) is 0 Å². The molecule has 0 aromatic carbocycles. The van der Waals surface area contributed by atoms with E-state index in [0.29, 0.717) is 18.3 Å². The second-order valence-electron chi connectivity index (χ2n) is 2.92. The van der Waals surface area contributed by atoms with E-state index in [0.717, 1.165) is 26.1 Å². The Hall–Kier alpha value is -0.940. The van der Waals surface area contributed by atoms with Crippen molar-refractivity contribution in [2.24, 2.45) is 0 Å². The van der Waals surface area contributed by atoms with Crippen LogP contribution in [0, 0.1) is 0 Å². The Morgan fingerprint density at radius 2 is 2.14 bits per heavy atom. The maximum atomic E-state index is 5.36. The first-order valence-corrected chi connectivity index (χ1v) is 4.90. The third-order valence-electron chi connectivity index (χ3n) is 1.72. The summed E-state index contributed by atoms with van der Waals surface area (Å²) in [6, 6.07) is 0. The molecule has 0 atom stereocenters. The second-order valence-corrected chi connectivity index (χ2v) is 2.92. The quantitative estimate of drug-likeness (QED) is 0.657. The first-order valence-electron chi connectivity index (χ1n) is 4.90. The summed E-state index contributed by atoms with van der Waals surface area (Å²) in [5.41, 5.74) is 0. The molecule has 5 heteroatoms. The molecule has 1 aromatic rings. The highest BCUT2D eigenvalue weighted by Crippen LogP contribution is 2.02. The Morgan fingerprint density at radius 1 is 1.36 bits per heavy atom. The van der Waals surface area contributed by atoms with Gasteiger partial charge in [-0.3, -0.25) is 0 Å². The lowest BCUT2D eigenvalue weighted by Crippen LogP contribution is -2.04. The van der Waals surface area contributed by atoms with Gasteiger partial charge in [-0.25, -0.2) is 0 Å². The van der Waals surface area contributed by atoms with Gasteiger partial charge in [0.1, 0.15) is 0 Å². The molecule has 0 saturated heterocycles. The lowest BCUT2D eigenvalue weighted by Gasteiger charge is -1.97. The summed E-state index contributed by atoms with van der Waals surface area (Å²) in [5, 5.41) is 10.8. The number of hydrogen-bond donors (Lipinski definition) is 1. The molecule has 1 rings (SSSR count). The predicted molar refractivity (Wildman–Crippen MR) is 51.9 cm³/mol. The third kappa shape index (κ3) is 3.85. The van der Waals surface area contributed by atoms with Gasteiger partial charge in [0.05, 0.1) is 6.54 Å². The van der Waals surface area contributed by atoms with Gasteiger partial charge in [0.25, 0.3) is 0 Å². The Morgan fingerprint density at radius 3 is 2.86 bits per heavy atom. The van der Waals surface area contributed by atoms with Crippen molar-refractivity contribution in [3.05, 3.63) is 11.8 Å². The fourth-order valence-electron chi connectivity index (χ4n) is 1.08. The van der Waals surface area contributed by atoms with Gasteiger partial charge in [-0.15, -0.1) is 10.2 Å². The Labute approximate surface area is 83.9 Å². The summed E-state index contributed by atoms with van der Waals surface area (Å²) in [5.74, 6) is 1.33. The second kappa shape index (κ2) is 6.50. The average Bonchev–Trinajstić information content (AvgIpc) is 2.61. The molecule has 0 amide bonds. The molecule has 0 aliphatic carbocycles. The molecule has 1 N–H and O–H groups in total. The third-order valence-corrected chi connectivity index (χ3v) is 1.72. The number of ether oxygens (including phenoxy) is 1. The number of aromatic nitrogens is 2. The minimum atomic E-state index is 0.623. The molecule has 0 unspecified atom stereocenters. The van der Waals surface area contributed by atoms with Crippen LogP contribution >= 0.6 is 0 Å². The zero-order chi connectivity index (χ0) is 10.2. The molecular formula is C9H17N3O2. The van der Waals surface area contributed by atoms with Crippen molar-refractivity contribution in [2.45, 2.75) is 26.3 Å². The van der Waals surface area contributed by atoms with Crippen LogP contribution in [0.3, 0.4) is 0 Å². The van der Waals surface area contributed by atoms with Gasteiger partial charge in [0.2, 0.25) is 11.8 Å². The zero-order valence-electron chi connectivity index (χ0n) is 8.75. The van der Waals surface area contributed by atoms with Gasteiger partial charge < -0.3 is 14.5 Å². The number of rotatable bonds is 7. The molecule has 0 fully saturated rings. The molecule has 5 nitrogen and oxygen atoms in total. The monoisotopic (exact) mass is 199 g/mol. The van der Waals surface area contributed by atoms with E-state index in [2.05, 4.69) is 15.5 Å². The van der Waals surface area contributed by atoms with E-state index in [1.807, 2.05) is 14.0 Å². The highest BCUT2D eigenvalue weighted by atomic mass is 16.5. The fraction of sp³-hybridized carbons (Fsp3) is 0.778. The first kappa shape index (κ1) is 11.1. The summed E-state index contributed by atoms with van der Waals surface area (Å²) < 4.78 is 10.6. The van der Waals surface area contributed by atoms with Gasteiger partial charge >= 0.3 is 0 Å². The van der Waals surface area contributed by atoms with Crippen LogP contribution < -0.4 is 5.32 Å². The van der Waals surface area contributed by atoms with Crippen LogP contribution in [0.15, 0.2) is 4.42 Å². The molecule has 80 valence electrons. The highest BCUT2D eigenvalue weighted by Gasteiger charge is 2.03. The van der Waals surface area contributed by atoms with Crippen LogP contribution in [0.4, 0.5) is 0 Å². The summed E-state index contributed by atoms with van der Waals surface area (Å²) in [4.78, 5) is 0. The first-order chi connectivity index (χ1) is 6.86. The lowest BCUT2D eigenvalue weighted by atomic mass is 10.3. The fourth-order valence-corrected chi connectivity index (χ4v) is 1.08. The molecule has 14 heavy (non-hydrogen) atoms. The van der Waals surface area contributed by atoms with E-state index in [-0.39, 0.29) is 0 Å². The topological polar surface area (TPSA) is 60.2 Å². The number of nitrogens with zero attached hydrogens (tertiary/aromatic N) is 2. The predicted octanol–water partition coefficient (Wildman–Crippen LogP) is 0.758. The molecule has 1 heterocycles. The van der Waals surface area contributed by atoms with Crippen LogP contribution in [-0.2, 0) is 17.7 Å². The maximum Gasteiger partial charge on any atom is 0.230 e. The summed E-state index contributed by atoms with van der Waals surface area (Å²) in [6.45, 7) is 4.12. The molecule has 0 aliphatic heterocycles. The van der Waals surface area contributed by atoms with Crippen LogP contribution in [-0.4, -0.2) is 30.5 Å². The molecule has 0 spiro atoms. The standard InChI is InChI=1S/C9H17N3O2/c1-3-13-6-4-5-8-11-12-9(14-8)7-10-2/h10H,3-7H2,1-2H3. The number of nitrogens with one attached hydrogen (secondary N) is 1. The number of hydrogen-bond acceptors (Lipinski definition) is 5. The van der Waals surface area contributed by atoms with Crippen molar-refractivity contribution in [1.29, 1.82) is 0 Å². The van der Waals surface area contributed by atoms with Crippen LogP contribution in [0.5, 0.6) is 0 Å². The molecule has 1 aromatic heterocycles. The summed E-state index contributed by atoms with van der Waals surface area (Å²) in [7, 11) is 1.85. The summed E-state index contributed by atoms with van der Waals surface area (Å²) in [6.07, 6.45) is 1.71. The van der Waals surface area contributed by atoms with Crippen molar-refractivity contribution in [1.82, 2.24) is 15.5 Å². The van der Waals surface area contributed by atoms with E-state index >= 15 is 0 Å². The van der Waals surface area contributed by atoms with Crippen molar-refractivity contribution in [3.63, 3.8) is 0 Å². The lowest BCUT2D eigenvalue weighted by molar-refractivity contribution is 0.143. The smallest absolute Gasteiger partial charge is 0.230 e. The number of aryl methyl sites for hydroxylation is 1. The molecule has 0 saturated carbocycles. The molecule has 0 bridgehead atoms. The van der Waals surface area contributed by atoms with Gasteiger partial charge in [0.15, 0.2) is 0 Å². The van der Waals surface area contributed by atoms with E-state index in [1.54, 1.807) is 0 Å². The largest absolute Gasteiger partial charge is 0.424 e. The minimum absolute atomic E-state index is 0.623. The highest BCUT2D eigenvalue weighted by molar-refractivity contribution is 4.81. The van der Waals surface area contributed by atoms with Gasteiger partial charge in [-0.2, -0.15) is 0 Å². The Balaban J connectivity index is 2.22. The maximum absolute atomic E-state index is 5.36. The van der Waals surface area contributed by atoms with Crippen LogP contribution in [0.1, 0.15) is 25.1 Å². The van der Waals surface area contributed by atoms with Crippen molar-refractivity contribution in [3.8, 4) is 0 Å².